The average molecular weight is 295 g/mol. The standard InChI is InChI=1S/C15H25N3O3/c1-11(18(2)8-5-9-20-3)15(19)17-14-7-6-12(21-4)10-13(14)16/h6-7,10-11H,5,8-9,16H2,1-4H3,(H,17,19). The zero-order valence-corrected chi connectivity index (χ0v) is 13.2. The van der Waals surface area contributed by atoms with Gasteiger partial charge < -0.3 is 20.5 Å². The van der Waals surface area contributed by atoms with Crippen molar-refractivity contribution < 1.29 is 14.3 Å². The molecule has 3 N–H and O–H groups in total. The smallest absolute Gasteiger partial charge is 0.241 e. The van der Waals surface area contributed by atoms with Gasteiger partial charge in [0.15, 0.2) is 0 Å². The van der Waals surface area contributed by atoms with Crippen LogP contribution in [-0.2, 0) is 9.53 Å². The number of nitrogens with zero attached hydrogens (tertiary/aromatic N) is 1. The molecule has 0 fully saturated rings. The van der Waals surface area contributed by atoms with Crippen molar-refractivity contribution in [2.45, 2.75) is 19.4 Å². The number of likely N-dealkylation sites (N-methyl/N-ethyl adjacent to an activating group) is 1. The molecule has 0 radical (unpaired) electrons. The normalized spacial score (nSPS) is 12.2. The van der Waals surface area contributed by atoms with Crippen molar-refractivity contribution in [3.63, 3.8) is 0 Å². The first-order valence-electron chi connectivity index (χ1n) is 6.93. The third-order valence-corrected chi connectivity index (χ3v) is 3.42. The monoisotopic (exact) mass is 295 g/mol. The number of amides is 1. The second kappa shape index (κ2) is 8.49. The summed E-state index contributed by atoms with van der Waals surface area (Å²) in [6, 6.07) is 4.94. The minimum absolute atomic E-state index is 0.0909. The van der Waals surface area contributed by atoms with E-state index in [1.54, 1.807) is 32.4 Å². The summed E-state index contributed by atoms with van der Waals surface area (Å²) in [7, 11) is 5.16. The van der Waals surface area contributed by atoms with Gasteiger partial charge in [0.25, 0.3) is 0 Å². The Morgan fingerprint density at radius 1 is 1.43 bits per heavy atom. The Morgan fingerprint density at radius 2 is 2.14 bits per heavy atom. The minimum Gasteiger partial charge on any atom is -0.497 e. The molecule has 0 spiro atoms. The molecule has 1 rings (SSSR count). The number of hydrogen-bond donors (Lipinski definition) is 2. The Morgan fingerprint density at radius 3 is 2.71 bits per heavy atom. The predicted molar refractivity (Wildman–Crippen MR) is 84.6 cm³/mol. The SMILES string of the molecule is COCCCN(C)C(C)C(=O)Nc1ccc(OC)cc1N. The molecule has 1 unspecified atom stereocenters. The Balaban J connectivity index is 2.59. The van der Waals surface area contributed by atoms with Gasteiger partial charge in [-0.05, 0) is 32.5 Å². The van der Waals surface area contributed by atoms with Crippen molar-refractivity contribution in [1.82, 2.24) is 4.90 Å². The maximum atomic E-state index is 12.2. The molecule has 0 aromatic heterocycles. The lowest BCUT2D eigenvalue weighted by Gasteiger charge is -2.24. The Kier molecular flexibility index (Phi) is 6.98. The summed E-state index contributed by atoms with van der Waals surface area (Å²) >= 11 is 0. The van der Waals surface area contributed by atoms with E-state index in [2.05, 4.69) is 5.32 Å². The first-order chi connectivity index (χ1) is 9.99. The van der Waals surface area contributed by atoms with Gasteiger partial charge in [-0.3, -0.25) is 9.69 Å². The van der Waals surface area contributed by atoms with Crippen molar-refractivity contribution in [2.75, 3.05) is 45.5 Å². The van der Waals surface area contributed by atoms with E-state index in [1.807, 2.05) is 18.9 Å². The summed E-state index contributed by atoms with van der Waals surface area (Å²) in [6.07, 6.45) is 0.884. The Labute approximate surface area is 126 Å². The van der Waals surface area contributed by atoms with Crippen molar-refractivity contribution in [1.29, 1.82) is 0 Å². The number of carbonyl (C=O) groups excluding carboxylic acids is 1. The van der Waals surface area contributed by atoms with Crippen LogP contribution in [0.5, 0.6) is 5.75 Å². The third kappa shape index (κ3) is 5.24. The zero-order chi connectivity index (χ0) is 15.8. The largest absolute Gasteiger partial charge is 0.497 e. The van der Waals surface area contributed by atoms with E-state index in [0.717, 1.165) is 13.0 Å². The highest BCUT2D eigenvalue weighted by Gasteiger charge is 2.18. The summed E-state index contributed by atoms with van der Waals surface area (Å²) < 4.78 is 10.1. The molecular weight excluding hydrogens is 270 g/mol. The van der Waals surface area contributed by atoms with E-state index in [9.17, 15) is 4.79 Å². The second-order valence-electron chi connectivity index (χ2n) is 4.95. The number of nitrogens with two attached hydrogens (primary N) is 1. The third-order valence-electron chi connectivity index (χ3n) is 3.42. The maximum Gasteiger partial charge on any atom is 0.241 e. The van der Waals surface area contributed by atoms with Crippen LogP contribution in [-0.4, -0.2) is 51.3 Å². The molecule has 0 aliphatic heterocycles. The summed E-state index contributed by atoms with van der Waals surface area (Å²) in [5.74, 6) is 0.571. The van der Waals surface area contributed by atoms with E-state index in [4.69, 9.17) is 15.2 Å². The van der Waals surface area contributed by atoms with Crippen LogP contribution in [0.2, 0.25) is 0 Å². The van der Waals surface area contributed by atoms with Crippen molar-refractivity contribution in [3.8, 4) is 5.75 Å². The number of hydrogen-bond acceptors (Lipinski definition) is 5. The van der Waals surface area contributed by atoms with Gasteiger partial charge in [-0.15, -0.1) is 0 Å². The number of nitrogens with one attached hydrogen (secondary N) is 1. The van der Waals surface area contributed by atoms with Crippen molar-refractivity contribution in [3.05, 3.63) is 18.2 Å². The molecule has 0 heterocycles. The van der Waals surface area contributed by atoms with Gasteiger partial charge in [-0.1, -0.05) is 0 Å². The highest BCUT2D eigenvalue weighted by Crippen LogP contribution is 2.24. The van der Waals surface area contributed by atoms with Crippen LogP contribution in [0.1, 0.15) is 13.3 Å². The first-order valence-corrected chi connectivity index (χ1v) is 6.93. The molecule has 1 aromatic rings. The fraction of sp³-hybridized carbons (Fsp3) is 0.533. The van der Waals surface area contributed by atoms with Gasteiger partial charge in [0.05, 0.1) is 24.5 Å². The second-order valence-corrected chi connectivity index (χ2v) is 4.95. The molecule has 6 nitrogen and oxygen atoms in total. The fourth-order valence-electron chi connectivity index (χ4n) is 1.87. The predicted octanol–water partition coefficient (Wildman–Crippen LogP) is 1.57. The Hall–Kier alpha value is -1.79. The van der Waals surface area contributed by atoms with Crippen LogP contribution in [0.4, 0.5) is 11.4 Å². The number of rotatable bonds is 8. The maximum absolute atomic E-state index is 12.2. The van der Waals surface area contributed by atoms with E-state index in [1.165, 1.54) is 0 Å². The number of nitrogen functional groups attached to an aromatic ring is 1. The topological polar surface area (TPSA) is 76.8 Å². The van der Waals surface area contributed by atoms with Crippen molar-refractivity contribution >= 4 is 17.3 Å². The average Bonchev–Trinajstić information content (AvgIpc) is 2.48. The highest BCUT2D eigenvalue weighted by atomic mass is 16.5. The minimum atomic E-state index is -0.247. The van der Waals surface area contributed by atoms with E-state index in [0.29, 0.717) is 23.7 Å². The van der Waals surface area contributed by atoms with Gasteiger partial charge in [0.1, 0.15) is 5.75 Å². The summed E-state index contributed by atoms with van der Waals surface area (Å²) in [5, 5.41) is 2.84. The van der Waals surface area contributed by atoms with E-state index >= 15 is 0 Å². The fourth-order valence-corrected chi connectivity index (χ4v) is 1.87. The molecule has 0 saturated carbocycles. The van der Waals surface area contributed by atoms with E-state index in [-0.39, 0.29) is 11.9 Å². The first kappa shape index (κ1) is 17.3. The van der Waals surface area contributed by atoms with Crippen LogP contribution >= 0.6 is 0 Å². The molecule has 0 bridgehead atoms. The Bertz CT molecular complexity index is 465. The number of ether oxygens (including phenoxy) is 2. The molecule has 0 aliphatic rings. The van der Waals surface area contributed by atoms with Gasteiger partial charge in [-0.2, -0.15) is 0 Å². The van der Waals surface area contributed by atoms with Gasteiger partial charge in [0.2, 0.25) is 5.91 Å². The molecule has 21 heavy (non-hydrogen) atoms. The van der Waals surface area contributed by atoms with Gasteiger partial charge in [0, 0.05) is 26.3 Å². The van der Waals surface area contributed by atoms with Gasteiger partial charge >= 0.3 is 0 Å². The summed E-state index contributed by atoms with van der Waals surface area (Å²) in [4.78, 5) is 14.2. The quantitative estimate of drug-likeness (QED) is 0.562. The van der Waals surface area contributed by atoms with Crippen LogP contribution in [0.15, 0.2) is 18.2 Å². The molecule has 1 atom stereocenters. The van der Waals surface area contributed by atoms with Crippen LogP contribution in [0.25, 0.3) is 0 Å². The lowest BCUT2D eigenvalue weighted by atomic mass is 10.2. The van der Waals surface area contributed by atoms with Crippen LogP contribution < -0.4 is 15.8 Å². The molecule has 1 aromatic carbocycles. The lowest BCUT2D eigenvalue weighted by molar-refractivity contribution is -0.120. The number of benzene rings is 1. The van der Waals surface area contributed by atoms with Crippen LogP contribution in [0, 0.1) is 0 Å². The zero-order valence-electron chi connectivity index (χ0n) is 13.2. The summed E-state index contributed by atoms with van der Waals surface area (Å²) in [6.45, 7) is 3.34. The molecular formula is C15H25N3O3. The number of anilines is 2. The van der Waals surface area contributed by atoms with E-state index < -0.39 is 0 Å². The number of carbonyl (C=O) groups is 1. The number of methoxy groups -OCH3 is 2. The molecule has 0 aliphatic carbocycles. The lowest BCUT2D eigenvalue weighted by Crippen LogP contribution is -2.40. The van der Waals surface area contributed by atoms with Gasteiger partial charge in [-0.25, -0.2) is 0 Å². The molecule has 0 saturated heterocycles. The molecule has 118 valence electrons. The molecule has 1 amide bonds. The molecule has 6 heteroatoms. The van der Waals surface area contributed by atoms with Crippen molar-refractivity contribution in [2.24, 2.45) is 0 Å². The summed E-state index contributed by atoms with van der Waals surface area (Å²) in [5.41, 5.74) is 6.97. The highest BCUT2D eigenvalue weighted by molar-refractivity contribution is 5.97. The van der Waals surface area contributed by atoms with Crippen LogP contribution in [0.3, 0.4) is 0 Å².